The van der Waals surface area contributed by atoms with E-state index in [9.17, 15) is 4.79 Å². The Labute approximate surface area is 174 Å². The summed E-state index contributed by atoms with van der Waals surface area (Å²) in [7, 11) is 1.22. The fourth-order valence-corrected chi connectivity index (χ4v) is 3.05. The molecular formula is C17H11Cl4N3O3. The second-order valence-electron chi connectivity index (χ2n) is 5.21. The van der Waals surface area contributed by atoms with Gasteiger partial charge in [0.15, 0.2) is 11.5 Å². The number of carbonyl (C=O) groups is 1. The van der Waals surface area contributed by atoms with E-state index >= 15 is 0 Å². The van der Waals surface area contributed by atoms with Crippen molar-refractivity contribution in [3.8, 4) is 11.4 Å². The number of ether oxygens (including phenoxy) is 1. The van der Waals surface area contributed by atoms with Gasteiger partial charge in [0, 0.05) is 5.56 Å². The summed E-state index contributed by atoms with van der Waals surface area (Å²) in [5.74, 6) is 0.269. The first-order valence-corrected chi connectivity index (χ1v) is 8.99. The van der Waals surface area contributed by atoms with Crippen molar-refractivity contribution in [2.45, 2.75) is 6.54 Å². The highest BCUT2D eigenvalue weighted by Gasteiger charge is 2.22. The summed E-state index contributed by atoms with van der Waals surface area (Å²) in [6.45, 7) is 0.291. The van der Waals surface area contributed by atoms with Crippen molar-refractivity contribution in [3.63, 3.8) is 0 Å². The molecule has 3 rings (SSSR count). The Hall–Kier alpha value is -1.99. The highest BCUT2D eigenvalue weighted by atomic mass is 35.5. The summed E-state index contributed by atoms with van der Waals surface area (Å²) in [5.41, 5.74) is 0.266. The molecule has 0 aliphatic rings. The molecule has 2 heterocycles. The molecule has 0 aliphatic carbocycles. The highest BCUT2D eigenvalue weighted by Crippen LogP contribution is 2.38. The predicted octanol–water partition coefficient (Wildman–Crippen LogP) is 5.75. The summed E-state index contributed by atoms with van der Waals surface area (Å²) in [4.78, 5) is 20.6. The Balaban J connectivity index is 2.09. The van der Waals surface area contributed by atoms with Crippen LogP contribution in [0.3, 0.4) is 0 Å². The van der Waals surface area contributed by atoms with Gasteiger partial charge in [0.2, 0.25) is 0 Å². The van der Waals surface area contributed by atoms with Crippen molar-refractivity contribution < 1.29 is 13.9 Å². The molecule has 6 nitrogen and oxygen atoms in total. The van der Waals surface area contributed by atoms with Crippen LogP contribution in [0.4, 0.5) is 5.82 Å². The molecule has 0 radical (unpaired) electrons. The van der Waals surface area contributed by atoms with E-state index in [1.807, 2.05) is 0 Å². The minimum absolute atomic E-state index is 0.00772. The molecule has 3 aromatic rings. The van der Waals surface area contributed by atoms with Crippen molar-refractivity contribution in [2.75, 3.05) is 12.4 Å². The SMILES string of the molecule is COC(=O)c1nc(-c2ccc(Cl)c(Cl)c2Cl)nc(NCc2ccco2)c1Cl. The zero-order valence-corrected chi connectivity index (χ0v) is 16.7. The molecule has 0 bridgehead atoms. The molecule has 0 unspecified atom stereocenters. The number of hydrogen-bond acceptors (Lipinski definition) is 6. The molecular weight excluding hydrogens is 436 g/mol. The molecule has 1 N–H and O–H groups in total. The normalized spacial score (nSPS) is 10.7. The van der Waals surface area contributed by atoms with Crippen LogP contribution in [-0.4, -0.2) is 23.0 Å². The second-order valence-corrected chi connectivity index (χ2v) is 6.75. The van der Waals surface area contributed by atoms with Crippen LogP contribution in [0, 0.1) is 0 Å². The molecule has 0 fully saturated rings. The average Bonchev–Trinajstić information content (AvgIpc) is 3.18. The third kappa shape index (κ3) is 4.14. The minimum Gasteiger partial charge on any atom is -0.467 e. The summed E-state index contributed by atoms with van der Waals surface area (Å²) in [5, 5.41) is 3.60. The van der Waals surface area contributed by atoms with Crippen molar-refractivity contribution in [2.24, 2.45) is 0 Å². The molecule has 0 saturated carbocycles. The zero-order valence-electron chi connectivity index (χ0n) is 13.7. The van der Waals surface area contributed by atoms with Crippen molar-refractivity contribution in [3.05, 3.63) is 62.1 Å². The second kappa shape index (κ2) is 8.35. The van der Waals surface area contributed by atoms with E-state index in [-0.39, 0.29) is 37.4 Å². The lowest BCUT2D eigenvalue weighted by Crippen LogP contribution is -2.11. The molecule has 140 valence electrons. The molecule has 0 aliphatic heterocycles. The number of anilines is 1. The number of esters is 1. The molecule has 0 atom stereocenters. The van der Waals surface area contributed by atoms with Crippen LogP contribution in [0.5, 0.6) is 0 Å². The van der Waals surface area contributed by atoms with E-state index in [4.69, 9.17) is 55.6 Å². The van der Waals surface area contributed by atoms with Gasteiger partial charge in [-0.3, -0.25) is 0 Å². The zero-order chi connectivity index (χ0) is 19.6. The standard InChI is InChI=1S/C17H11Cl4N3O3/c1-26-17(25)14-13(21)16(22-7-8-3-2-6-27-8)24-15(23-14)9-4-5-10(18)12(20)11(9)19/h2-6H,7H2,1H3,(H,22,23,24). The Kier molecular flexibility index (Phi) is 6.11. The number of halogens is 4. The maximum Gasteiger partial charge on any atom is 0.358 e. The number of hydrogen-bond donors (Lipinski definition) is 1. The van der Waals surface area contributed by atoms with Gasteiger partial charge in [-0.05, 0) is 24.3 Å². The van der Waals surface area contributed by atoms with Gasteiger partial charge in [-0.15, -0.1) is 0 Å². The van der Waals surface area contributed by atoms with E-state index in [0.29, 0.717) is 17.9 Å². The maximum absolute atomic E-state index is 12.1. The first kappa shape index (κ1) is 19.8. The Morgan fingerprint density at radius 3 is 2.56 bits per heavy atom. The summed E-state index contributed by atoms with van der Waals surface area (Å²) in [6, 6.07) is 6.67. The third-order valence-electron chi connectivity index (χ3n) is 3.52. The summed E-state index contributed by atoms with van der Waals surface area (Å²) < 4.78 is 10.0. The van der Waals surface area contributed by atoms with Crippen LogP contribution in [0.15, 0.2) is 34.9 Å². The lowest BCUT2D eigenvalue weighted by Gasteiger charge is -2.13. The number of carbonyl (C=O) groups excluding carboxylic acids is 1. The topological polar surface area (TPSA) is 77.2 Å². The van der Waals surface area contributed by atoms with Crippen LogP contribution in [0.25, 0.3) is 11.4 Å². The predicted molar refractivity (Wildman–Crippen MR) is 105 cm³/mol. The Morgan fingerprint density at radius 2 is 1.89 bits per heavy atom. The van der Waals surface area contributed by atoms with Crippen molar-refractivity contribution in [1.82, 2.24) is 9.97 Å². The molecule has 0 spiro atoms. The number of benzene rings is 1. The van der Waals surface area contributed by atoms with E-state index in [2.05, 4.69) is 15.3 Å². The van der Waals surface area contributed by atoms with Crippen LogP contribution in [-0.2, 0) is 11.3 Å². The minimum atomic E-state index is -0.721. The van der Waals surface area contributed by atoms with E-state index < -0.39 is 5.97 Å². The smallest absolute Gasteiger partial charge is 0.358 e. The lowest BCUT2D eigenvalue weighted by molar-refractivity contribution is 0.0594. The fourth-order valence-electron chi connectivity index (χ4n) is 2.20. The van der Waals surface area contributed by atoms with Gasteiger partial charge in [0.05, 0.1) is 35.0 Å². The number of furan rings is 1. The first-order valence-electron chi connectivity index (χ1n) is 7.48. The first-order chi connectivity index (χ1) is 12.9. The van der Waals surface area contributed by atoms with Gasteiger partial charge in [0.25, 0.3) is 0 Å². The quantitative estimate of drug-likeness (QED) is 0.397. The van der Waals surface area contributed by atoms with Crippen LogP contribution in [0.2, 0.25) is 20.1 Å². The number of nitrogens with zero attached hydrogens (tertiary/aromatic N) is 2. The van der Waals surface area contributed by atoms with Gasteiger partial charge >= 0.3 is 5.97 Å². The maximum atomic E-state index is 12.1. The van der Waals surface area contributed by atoms with Crippen LogP contribution >= 0.6 is 46.4 Å². The van der Waals surface area contributed by atoms with Crippen LogP contribution < -0.4 is 5.32 Å². The van der Waals surface area contributed by atoms with Gasteiger partial charge < -0.3 is 14.5 Å². The Bertz CT molecular complexity index is 994. The van der Waals surface area contributed by atoms with Gasteiger partial charge in [-0.25, -0.2) is 14.8 Å². The molecule has 0 amide bonds. The van der Waals surface area contributed by atoms with Gasteiger partial charge in [0.1, 0.15) is 16.6 Å². The Morgan fingerprint density at radius 1 is 1.11 bits per heavy atom. The monoisotopic (exact) mass is 445 g/mol. The third-order valence-corrected chi connectivity index (χ3v) is 5.17. The van der Waals surface area contributed by atoms with E-state index in [1.165, 1.54) is 7.11 Å². The van der Waals surface area contributed by atoms with Crippen molar-refractivity contribution in [1.29, 1.82) is 0 Å². The molecule has 27 heavy (non-hydrogen) atoms. The number of rotatable bonds is 5. The average molecular weight is 447 g/mol. The molecule has 10 heteroatoms. The molecule has 0 saturated heterocycles. The lowest BCUT2D eigenvalue weighted by atomic mass is 10.2. The number of nitrogens with one attached hydrogen (secondary N) is 1. The fraction of sp³-hybridized carbons (Fsp3) is 0.118. The van der Waals surface area contributed by atoms with Gasteiger partial charge in [-0.2, -0.15) is 0 Å². The van der Waals surface area contributed by atoms with E-state index in [1.54, 1.807) is 30.5 Å². The van der Waals surface area contributed by atoms with Crippen LogP contribution in [0.1, 0.15) is 16.2 Å². The van der Waals surface area contributed by atoms with Gasteiger partial charge in [-0.1, -0.05) is 46.4 Å². The molecule has 1 aromatic carbocycles. The number of aromatic nitrogens is 2. The highest BCUT2D eigenvalue weighted by molar-refractivity contribution is 6.49. The summed E-state index contributed by atoms with van der Waals surface area (Å²) in [6.07, 6.45) is 1.54. The number of methoxy groups -OCH3 is 1. The molecule has 2 aromatic heterocycles. The van der Waals surface area contributed by atoms with E-state index in [0.717, 1.165) is 0 Å². The van der Waals surface area contributed by atoms with Crippen molar-refractivity contribution >= 4 is 58.2 Å². The summed E-state index contributed by atoms with van der Waals surface area (Å²) >= 11 is 24.6. The largest absolute Gasteiger partial charge is 0.467 e.